The molecule has 0 aliphatic heterocycles. The molecule has 0 aromatic rings. The van der Waals surface area contributed by atoms with Crippen LogP contribution in [0.1, 0.15) is 46.5 Å². The lowest BCUT2D eigenvalue weighted by molar-refractivity contribution is -0.123. The molecule has 1 heteroatoms. The third-order valence-corrected chi connectivity index (χ3v) is 2.87. The van der Waals surface area contributed by atoms with Gasteiger partial charge in [-0.3, -0.25) is 4.79 Å². The first-order chi connectivity index (χ1) is 5.63. The van der Waals surface area contributed by atoms with Gasteiger partial charge in [-0.15, -0.1) is 0 Å². The Morgan fingerprint density at radius 1 is 1.25 bits per heavy atom. The fourth-order valence-electron chi connectivity index (χ4n) is 1.79. The van der Waals surface area contributed by atoms with Crippen molar-refractivity contribution < 1.29 is 4.79 Å². The summed E-state index contributed by atoms with van der Waals surface area (Å²) in [4.78, 5) is 11.5. The van der Waals surface area contributed by atoms with Crippen molar-refractivity contribution in [3.63, 3.8) is 0 Å². The third-order valence-electron chi connectivity index (χ3n) is 2.87. The third kappa shape index (κ3) is 1.96. The molecular formula is C11H18O. The standard InChI is InChI=1S/C11H18O/c1-8(2)9(3)10-6-4-5-7-11(10)12/h10H,4-7H2,1-3H3. The zero-order valence-electron chi connectivity index (χ0n) is 8.31. The molecule has 1 saturated carbocycles. The zero-order chi connectivity index (χ0) is 9.14. The van der Waals surface area contributed by atoms with Crippen LogP contribution in [0.25, 0.3) is 0 Å². The molecule has 0 amide bonds. The van der Waals surface area contributed by atoms with E-state index in [0.29, 0.717) is 5.78 Å². The lowest BCUT2D eigenvalue weighted by Crippen LogP contribution is -2.20. The van der Waals surface area contributed by atoms with Crippen molar-refractivity contribution >= 4 is 5.78 Å². The molecule has 68 valence electrons. The number of rotatable bonds is 1. The van der Waals surface area contributed by atoms with E-state index in [-0.39, 0.29) is 5.92 Å². The maximum atomic E-state index is 11.5. The summed E-state index contributed by atoms with van der Waals surface area (Å²) in [7, 11) is 0. The fourth-order valence-corrected chi connectivity index (χ4v) is 1.79. The largest absolute Gasteiger partial charge is 0.299 e. The molecule has 0 spiro atoms. The van der Waals surface area contributed by atoms with Gasteiger partial charge in [0, 0.05) is 12.3 Å². The van der Waals surface area contributed by atoms with Gasteiger partial charge in [0.05, 0.1) is 0 Å². The van der Waals surface area contributed by atoms with E-state index in [2.05, 4.69) is 20.8 Å². The number of hydrogen-bond donors (Lipinski definition) is 0. The summed E-state index contributed by atoms with van der Waals surface area (Å²) in [5.74, 6) is 0.712. The predicted octanol–water partition coefficient (Wildman–Crippen LogP) is 3.10. The number of carbonyl (C=O) groups is 1. The van der Waals surface area contributed by atoms with Crippen molar-refractivity contribution in [2.24, 2.45) is 5.92 Å². The van der Waals surface area contributed by atoms with Gasteiger partial charge < -0.3 is 0 Å². The molecule has 0 bridgehead atoms. The quantitative estimate of drug-likeness (QED) is 0.547. The molecule has 1 atom stereocenters. The van der Waals surface area contributed by atoms with Gasteiger partial charge in [-0.05, 0) is 33.6 Å². The molecule has 0 aromatic heterocycles. The van der Waals surface area contributed by atoms with Gasteiger partial charge in [0.2, 0.25) is 0 Å². The second-order valence-corrected chi connectivity index (χ2v) is 3.95. The topological polar surface area (TPSA) is 17.1 Å². The number of allylic oxidation sites excluding steroid dienone is 2. The highest BCUT2D eigenvalue weighted by Crippen LogP contribution is 2.28. The minimum absolute atomic E-state index is 0.253. The summed E-state index contributed by atoms with van der Waals surface area (Å²) < 4.78 is 0. The van der Waals surface area contributed by atoms with Gasteiger partial charge >= 0.3 is 0 Å². The number of hydrogen-bond acceptors (Lipinski definition) is 1. The molecule has 1 nitrogen and oxygen atoms in total. The SMILES string of the molecule is CC(C)=C(C)C1CCCCC1=O. The van der Waals surface area contributed by atoms with Crippen LogP contribution >= 0.6 is 0 Å². The van der Waals surface area contributed by atoms with E-state index in [0.717, 1.165) is 19.3 Å². The van der Waals surface area contributed by atoms with Crippen LogP contribution in [0.3, 0.4) is 0 Å². The smallest absolute Gasteiger partial charge is 0.139 e. The van der Waals surface area contributed by atoms with Gasteiger partial charge in [0.15, 0.2) is 0 Å². The van der Waals surface area contributed by atoms with Crippen molar-refractivity contribution in [2.75, 3.05) is 0 Å². The van der Waals surface area contributed by atoms with Gasteiger partial charge in [0.25, 0.3) is 0 Å². The number of carbonyl (C=O) groups excluding carboxylic acids is 1. The Hall–Kier alpha value is -0.590. The van der Waals surface area contributed by atoms with Crippen LogP contribution in [0.15, 0.2) is 11.1 Å². The fraction of sp³-hybridized carbons (Fsp3) is 0.727. The summed E-state index contributed by atoms with van der Waals surface area (Å²) in [6.45, 7) is 6.29. The van der Waals surface area contributed by atoms with Crippen LogP contribution < -0.4 is 0 Å². The average Bonchev–Trinajstić information content (AvgIpc) is 2.04. The normalized spacial score (nSPS) is 23.9. The Balaban J connectivity index is 2.73. The predicted molar refractivity (Wildman–Crippen MR) is 51.0 cm³/mol. The molecule has 0 aromatic carbocycles. The molecule has 1 aliphatic rings. The van der Waals surface area contributed by atoms with Gasteiger partial charge in [0.1, 0.15) is 5.78 Å². The lowest BCUT2D eigenvalue weighted by Gasteiger charge is -2.22. The van der Waals surface area contributed by atoms with Gasteiger partial charge in [-0.2, -0.15) is 0 Å². The van der Waals surface area contributed by atoms with Crippen molar-refractivity contribution in [2.45, 2.75) is 46.5 Å². The van der Waals surface area contributed by atoms with Crippen molar-refractivity contribution in [1.29, 1.82) is 0 Å². The van der Waals surface area contributed by atoms with Crippen LogP contribution in [-0.4, -0.2) is 5.78 Å². The molecule has 1 rings (SSSR count). The molecule has 0 heterocycles. The van der Waals surface area contributed by atoms with E-state index in [1.165, 1.54) is 17.6 Å². The summed E-state index contributed by atoms with van der Waals surface area (Å²) in [6, 6.07) is 0. The second-order valence-electron chi connectivity index (χ2n) is 3.95. The van der Waals surface area contributed by atoms with Crippen LogP contribution in [0.4, 0.5) is 0 Å². The summed E-state index contributed by atoms with van der Waals surface area (Å²) >= 11 is 0. The van der Waals surface area contributed by atoms with Crippen LogP contribution in [0.5, 0.6) is 0 Å². The van der Waals surface area contributed by atoms with E-state index in [1.807, 2.05) is 0 Å². The first-order valence-corrected chi connectivity index (χ1v) is 4.79. The number of ketones is 1. The van der Waals surface area contributed by atoms with Crippen molar-refractivity contribution in [1.82, 2.24) is 0 Å². The van der Waals surface area contributed by atoms with E-state index in [1.54, 1.807) is 0 Å². The first-order valence-electron chi connectivity index (χ1n) is 4.79. The van der Waals surface area contributed by atoms with E-state index < -0.39 is 0 Å². The van der Waals surface area contributed by atoms with Gasteiger partial charge in [-0.1, -0.05) is 17.6 Å². The highest BCUT2D eigenvalue weighted by Gasteiger charge is 2.23. The van der Waals surface area contributed by atoms with Crippen molar-refractivity contribution in [3.8, 4) is 0 Å². The van der Waals surface area contributed by atoms with Crippen molar-refractivity contribution in [3.05, 3.63) is 11.1 Å². The maximum Gasteiger partial charge on any atom is 0.139 e. The molecule has 12 heavy (non-hydrogen) atoms. The summed E-state index contributed by atoms with van der Waals surface area (Å²) in [5.41, 5.74) is 2.62. The Kier molecular flexibility index (Phi) is 3.07. The zero-order valence-corrected chi connectivity index (χ0v) is 8.31. The van der Waals surface area contributed by atoms with Gasteiger partial charge in [-0.25, -0.2) is 0 Å². The summed E-state index contributed by atoms with van der Waals surface area (Å²) in [5, 5.41) is 0. The van der Waals surface area contributed by atoms with E-state index in [9.17, 15) is 4.79 Å². The molecule has 1 fully saturated rings. The summed E-state index contributed by atoms with van der Waals surface area (Å²) in [6.07, 6.45) is 4.21. The van der Waals surface area contributed by atoms with E-state index >= 15 is 0 Å². The second kappa shape index (κ2) is 3.88. The molecule has 0 radical (unpaired) electrons. The minimum atomic E-state index is 0.253. The highest BCUT2D eigenvalue weighted by atomic mass is 16.1. The Labute approximate surface area is 74.9 Å². The minimum Gasteiger partial charge on any atom is -0.299 e. The average molecular weight is 166 g/mol. The Morgan fingerprint density at radius 2 is 1.92 bits per heavy atom. The van der Waals surface area contributed by atoms with Crippen LogP contribution in [0, 0.1) is 5.92 Å². The van der Waals surface area contributed by atoms with Crippen LogP contribution in [0.2, 0.25) is 0 Å². The maximum absolute atomic E-state index is 11.5. The highest BCUT2D eigenvalue weighted by molar-refractivity contribution is 5.84. The van der Waals surface area contributed by atoms with E-state index in [4.69, 9.17) is 0 Å². The molecule has 1 aliphatic carbocycles. The molecule has 0 saturated heterocycles. The Bertz CT molecular complexity index is 209. The Morgan fingerprint density at radius 3 is 2.42 bits per heavy atom. The first kappa shape index (κ1) is 9.50. The number of Topliss-reactive ketones (excluding diaryl/α,β-unsaturated/α-hetero) is 1. The van der Waals surface area contributed by atoms with Crippen LogP contribution in [-0.2, 0) is 4.79 Å². The molecular weight excluding hydrogens is 148 g/mol. The lowest BCUT2D eigenvalue weighted by atomic mass is 9.82. The molecule has 0 N–H and O–H groups in total. The molecule has 1 unspecified atom stereocenters. The monoisotopic (exact) mass is 166 g/mol.